The topological polar surface area (TPSA) is 120 Å². The Morgan fingerprint density at radius 3 is 1.72 bits per heavy atom. The van der Waals surface area contributed by atoms with Crippen molar-refractivity contribution in [2.75, 3.05) is 13.2 Å². The zero-order chi connectivity index (χ0) is 42.0. The van der Waals surface area contributed by atoms with E-state index in [1.165, 1.54) is 57.4 Å². The number of nitrogens with zero attached hydrogens (tertiary/aromatic N) is 1. The first-order valence-corrected chi connectivity index (χ1v) is 20.8. The summed E-state index contributed by atoms with van der Waals surface area (Å²) in [6.07, 6.45) is 19.2. The highest BCUT2D eigenvalue weighted by molar-refractivity contribution is 5.92. The average Bonchev–Trinajstić information content (AvgIpc) is 3.62. The summed E-state index contributed by atoms with van der Waals surface area (Å²) < 4.78 is 16.4. The van der Waals surface area contributed by atoms with E-state index in [0.717, 1.165) is 52.0 Å². The molecule has 1 aromatic heterocycles. The first-order valence-electron chi connectivity index (χ1n) is 20.8. The van der Waals surface area contributed by atoms with Gasteiger partial charge in [0.2, 0.25) is 5.91 Å². The molecule has 0 saturated heterocycles. The lowest BCUT2D eigenvalue weighted by Gasteiger charge is -2.19. The SMILES string of the molecule is CCCCCCCCCCCCNC(=O)C=Cc1ccc(-c2[nH]c(-c3ccc(C=CC(=O)OC(C)(C)C)cc3)nc2-c2ccc(OCC(=O)OC(C)(C)C)cc2)cc1. The number of imidazole rings is 1. The first-order chi connectivity index (χ1) is 27.7. The predicted molar refractivity (Wildman–Crippen MR) is 235 cm³/mol. The number of nitrogens with one attached hydrogen (secondary N) is 2. The second-order valence-electron chi connectivity index (χ2n) is 16.6. The third-order valence-electron chi connectivity index (χ3n) is 9.07. The Balaban J connectivity index is 1.44. The maximum Gasteiger partial charge on any atom is 0.344 e. The zero-order valence-corrected chi connectivity index (χ0v) is 35.6. The summed E-state index contributed by atoms with van der Waals surface area (Å²) in [5.74, 6) is 0.268. The van der Waals surface area contributed by atoms with E-state index in [2.05, 4.69) is 17.2 Å². The highest BCUT2D eigenvalue weighted by Gasteiger charge is 2.18. The van der Waals surface area contributed by atoms with Crippen molar-refractivity contribution < 1.29 is 28.6 Å². The standard InChI is InChI=1S/C49H63N3O6/c1-8-9-10-11-12-13-14-15-16-17-34-50-42(53)32-22-36-18-24-38(25-19-36)45-46(39-28-30-41(31-29-39)56-35-44(55)58-49(5,6)7)52-47(51-45)40-26-20-37(21-27-40)23-33-43(54)57-48(2,3)4/h18-33H,8-17,34-35H2,1-7H3,(H,50,53)(H,51,52). The summed E-state index contributed by atoms with van der Waals surface area (Å²) in [5.41, 5.74) is 4.77. The highest BCUT2D eigenvalue weighted by atomic mass is 16.6. The fourth-order valence-electron chi connectivity index (χ4n) is 6.22. The first kappa shape index (κ1) is 45.3. The molecule has 4 aromatic rings. The van der Waals surface area contributed by atoms with Crippen LogP contribution in [-0.2, 0) is 23.9 Å². The molecular formula is C49H63N3O6. The lowest BCUT2D eigenvalue weighted by Crippen LogP contribution is -2.27. The minimum absolute atomic E-state index is 0.0923. The van der Waals surface area contributed by atoms with Crippen LogP contribution in [-0.4, -0.2) is 52.2 Å². The van der Waals surface area contributed by atoms with E-state index in [1.54, 1.807) is 24.3 Å². The van der Waals surface area contributed by atoms with Gasteiger partial charge in [-0.15, -0.1) is 0 Å². The molecule has 0 radical (unpaired) electrons. The van der Waals surface area contributed by atoms with Crippen LogP contribution in [0.3, 0.4) is 0 Å². The van der Waals surface area contributed by atoms with Crippen molar-refractivity contribution in [1.82, 2.24) is 15.3 Å². The van der Waals surface area contributed by atoms with Crippen molar-refractivity contribution in [3.8, 4) is 39.7 Å². The summed E-state index contributed by atoms with van der Waals surface area (Å²) in [7, 11) is 0. The minimum atomic E-state index is -0.593. The van der Waals surface area contributed by atoms with Crippen LogP contribution in [0.2, 0.25) is 0 Å². The van der Waals surface area contributed by atoms with Crippen molar-refractivity contribution in [3.05, 3.63) is 96.1 Å². The Labute approximate surface area is 345 Å². The summed E-state index contributed by atoms with van der Waals surface area (Å²) >= 11 is 0. The van der Waals surface area contributed by atoms with E-state index in [4.69, 9.17) is 19.2 Å². The Kier molecular flexibility index (Phi) is 17.5. The fourth-order valence-corrected chi connectivity index (χ4v) is 6.22. The molecule has 0 fully saturated rings. The van der Waals surface area contributed by atoms with Gasteiger partial charge in [-0.2, -0.15) is 0 Å². The van der Waals surface area contributed by atoms with Crippen LogP contribution in [0.5, 0.6) is 5.75 Å². The molecule has 2 N–H and O–H groups in total. The Hall–Kier alpha value is -5.44. The molecule has 0 atom stereocenters. The normalized spacial score (nSPS) is 11.9. The molecule has 0 unspecified atom stereocenters. The highest BCUT2D eigenvalue weighted by Crippen LogP contribution is 2.34. The predicted octanol–water partition coefficient (Wildman–Crippen LogP) is 11.5. The van der Waals surface area contributed by atoms with E-state index < -0.39 is 23.1 Å². The number of amides is 1. The molecule has 58 heavy (non-hydrogen) atoms. The monoisotopic (exact) mass is 789 g/mol. The van der Waals surface area contributed by atoms with Crippen LogP contribution < -0.4 is 10.1 Å². The van der Waals surface area contributed by atoms with E-state index in [-0.39, 0.29) is 12.5 Å². The van der Waals surface area contributed by atoms with Gasteiger partial charge >= 0.3 is 11.9 Å². The van der Waals surface area contributed by atoms with Gasteiger partial charge in [-0.25, -0.2) is 14.6 Å². The molecule has 4 rings (SSSR count). The number of rotatable bonds is 21. The van der Waals surface area contributed by atoms with Crippen molar-refractivity contribution >= 4 is 30.0 Å². The molecule has 0 aliphatic carbocycles. The van der Waals surface area contributed by atoms with Crippen LogP contribution in [0, 0.1) is 0 Å². The quantitative estimate of drug-likeness (QED) is 0.0490. The van der Waals surface area contributed by atoms with Crippen molar-refractivity contribution in [2.24, 2.45) is 0 Å². The third kappa shape index (κ3) is 16.6. The smallest absolute Gasteiger partial charge is 0.344 e. The maximum atomic E-state index is 12.5. The van der Waals surface area contributed by atoms with Gasteiger partial charge < -0.3 is 24.5 Å². The molecule has 3 aromatic carbocycles. The van der Waals surface area contributed by atoms with Gasteiger partial charge in [0.25, 0.3) is 0 Å². The van der Waals surface area contributed by atoms with Gasteiger partial charge in [0.1, 0.15) is 22.8 Å². The van der Waals surface area contributed by atoms with Gasteiger partial charge in [-0.05, 0) is 95.5 Å². The van der Waals surface area contributed by atoms with Gasteiger partial charge in [0.15, 0.2) is 6.61 Å². The lowest BCUT2D eigenvalue weighted by atomic mass is 10.0. The maximum absolute atomic E-state index is 12.5. The van der Waals surface area contributed by atoms with Gasteiger partial charge in [-0.3, -0.25) is 4.79 Å². The van der Waals surface area contributed by atoms with E-state index in [0.29, 0.717) is 18.1 Å². The van der Waals surface area contributed by atoms with Crippen molar-refractivity contribution in [2.45, 2.75) is 124 Å². The van der Waals surface area contributed by atoms with Crippen molar-refractivity contribution in [1.29, 1.82) is 0 Å². The largest absolute Gasteiger partial charge is 0.482 e. The van der Waals surface area contributed by atoms with Crippen LogP contribution in [0.15, 0.2) is 84.9 Å². The molecular weight excluding hydrogens is 727 g/mol. The Bertz CT molecular complexity index is 1940. The number of esters is 2. The summed E-state index contributed by atoms with van der Waals surface area (Å²) in [5, 5.41) is 3.01. The fraction of sp³-hybridized carbons (Fsp3) is 0.429. The number of aromatic amines is 1. The summed E-state index contributed by atoms with van der Waals surface area (Å²) in [6, 6.07) is 23.1. The van der Waals surface area contributed by atoms with E-state index in [1.807, 2.05) is 108 Å². The molecule has 310 valence electrons. The molecule has 1 heterocycles. The molecule has 0 aliphatic heterocycles. The minimum Gasteiger partial charge on any atom is -0.482 e. The Morgan fingerprint density at radius 2 is 1.16 bits per heavy atom. The number of unbranched alkanes of at least 4 members (excludes halogenated alkanes) is 9. The van der Waals surface area contributed by atoms with Gasteiger partial charge in [-0.1, -0.05) is 113 Å². The molecule has 0 saturated carbocycles. The van der Waals surface area contributed by atoms with Gasteiger partial charge in [0, 0.05) is 35.4 Å². The Morgan fingerprint density at radius 1 is 0.638 bits per heavy atom. The average molecular weight is 790 g/mol. The molecule has 1 amide bonds. The molecule has 9 nitrogen and oxygen atoms in total. The van der Waals surface area contributed by atoms with Crippen LogP contribution >= 0.6 is 0 Å². The molecule has 0 aliphatic rings. The zero-order valence-electron chi connectivity index (χ0n) is 35.6. The number of aromatic nitrogens is 2. The second kappa shape index (κ2) is 22.5. The molecule has 9 heteroatoms. The van der Waals surface area contributed by atoms with E-state index in [9.17, 15) is 14.4 Å². The molecule has 0 spiro atoms. The third-order valence-corrected chi connectivity index (χ3v) is 9.07. The van der Waals surface area contributed by atoms with Crippen LogP contribution in [0.1, 0.15) is 124 Å². The number of carbonyl (C=O) groups excluding carboxylic acids is 3. The summed E-state index contributed by atoms with van der Waals surface area (Å²) in [4.78, 5) is 45.5. The summed E-state index contributed by atoms with van der Waals surface area (Å²) in [6.45, 7) is 13.7. The number of carbonyl (C=O) groups is 3. The lowest BCUT2D eigenvalue weighted by molar-refractivity contribution is -0.157. The number of hydrogen-bond donors (Lipinski definition) is 2. The number of H-pyrrole nitrogens is 1. The van der Waals surface area contributed by atoms with E-state index >= 15 is 0 Å². The van der Waals surface area contributed by atoms with Crippen molar-refractivity contribution in [3.63, 3.8) is 0 Å². The number of hydrogen-bond acceptors (Lipinski definition) is 7. The second-order valence-corrected chi connectivity index (χ2v) is 16.6. The van der Waals surface area contributed by atoms with Crippen LogP contribution in [0.4, 0.5) is 0 Å². The van der Waals surface area contributed by atoms with Crippen LogP contribution in [0.25, 0.3) is 46.1 Å². The number of benzene rings is 3. The molecule has 0 bridgehead atoms. The van der Waals surface area contributed by atoms with Gasteiger partial charge in [0.05, 0.1) is 11.4 Å². The number of ether oxygens (including phenoxy) is 3.